The summed E-state index contributed by atoms with van der Waals surface area (Å²) in [6.07, 6.45) is -0.621. The number of aryl methyl sites for hydroxylation is 1. The molecule has 0 unspecified atom stereocenters. The van der Waals surface area contributed by atoms with E-state index in [1.54, 1.807) is 6.92 Å². The molecule has 134 valence electrons. The van der Waals surface area contributed by atoms with Gasteiger partial charge >= 0.3 is 6.18 Å². The molecule has 1 N–H and O–H groups in total. The standard InChI is InChI=1S/C16H23F3N4O/c1-11-10-14(16(17,18)19)22-15(20-11)23-6-2-12(3-7-23)21-13-4-8-24-9-5-13/h10,12-13,21H,2-9H2,1H3. The molecule has 8 heteroatoms. The Morgan fingerprint density at radius 1 is 1.08 bits per heavy atom. The smallest absolute Gasteiger partial charge is 0.381 e. The second kappa shape index (κ2) is 7.23. The van der Waals surface area contributed by atoms with E-state index in [1.807, 2.05) is 4.90 Å². The first-order chi connectivity index (χ1) is 11.4. The first kappa shape index (κ1) is 17.4. The van der Waals surface area contributed by atoms with Gasteiger partial charge in [0, 0.05) is 44.1 Å². The normalized spacial score (nSPS) is 21.2. The lowest BCUT2D eigenvalue weighted by molar-refractivity contribution is -0.141. The van der Waals surface area contributed by atoms with E-state index in [4.69, 9.17) is 4.74 Å². The maximum absolute atomic E-state index is 12.9. The van der Waals surface area contributed by atoms with Crippen molar-refractivity contribution >= 4 is 5.95 Å². The van der Waals surface area contributed by atoms with Crippen molar-refractivity contribution in [2.45, 2.75) is 50.9 Å². The summed E-state index contributed by atoms with van der Waals surface area (Å²) in [5.41, 5.74) is -0.526. The summed E-state index contributed by atoms with van der Waals surface area (Å²) in [6, 6.07) is 1.88. The Morgan fingerprint density at radius 2 is 1.71 bits per heavy atom. The van der Waals surface area contributed by atoms with Crippen molar-refractivity contribution in [1.29, 1.82) is 0 Å². The Morgan fingerprint density at radius 3 is 2.33 bits per heavy atom. The van der Waals surface area contributed by atoms with Crippen LogP contribution in [0, 0.1) is 6.92 Å². The maximum atomic E-state index is 12.9. The molecule has 0 saturated carbocycles. The minimum atomic E-state index is -4.44. The fourth-order valence-corrected chi connectivity index (χ4v) is 3.28. The lowest BCUT2D eigenvalue weighted by atomic mass is 10.0. The number of rotatable bonds is 3. The Bertz CT molecular complexity index is 553. The van der Waals surface area contributed by atoms with E-state index in [2.05, 4.69) is 15.3 Å². The van der Waals surface area contributed by atoms with E-state index >= 15 is 0 Å². The fourth-order valence-electron chi connectivity index (χ4n) is 3.28. The van der Waals surface area contributed by atoms with Crippen LogP contribution in [0.25, 0.3) is 0 Å². The highest BCUT2D eigenvalue weighted by Gasteiger charge is 2.34. The summed E-state index contributed by atoms with van der Waals surface area (Å²) in [5, 5.41) is 3.65. The number of hydrogen-bond acceptors (Lipinski definition) is 5. The van der Waals surface area contributed by atoms with Gasteiger partial charge in [0.05, 0.1) is 0 Å². The van der Waals surface area contributed by atoms with Crippen LogP contribution in [0.15, 0.2) is 6.07 Å². The molecule has 1 aromatic heterocycles. The molecule has 0 bridgehead atoms. The van der Waals surface area contributed by atoms with Crippen molar-refractivity contribution in [3.8, 4) is 0 Å². The Hall–Kier alpha value is -1.41. The molecule has 0 spiro atoms. The van der Waals surface area contributed by atoms with Crippen molar-refractivity contribution in [2.75, 3.05) is 31.2 Å². The fraction of sp³-hybridized carbons (Fsp3) is 0.750. The lowest BCUT2D eigenvalue weighted by Crippen LogP contribution is -2.48. The molecule has 0 aliphatic carbocycles. The van der Waals surface area contributed by atoms with Crippen LogP contribution in [0.1, 0.15) is 37.1 Å². The highest BCUT2D eigenvalue weighted by atomic mass is 19.4. The van der Waals surface area contributed by atoms with Crippen LogP contribution in [0.2, 0.25) is 0 Å². The van der Waals surface area contributed by atoms with E-state index in [0.29, 0.717) is 30.9 Å². The van der Waals surface area contributed by atoms with E-state index in [-0.39, 0.29) is 5.95 Å². The molecule has 0 amide bonds. The van der Waals surface area contributed by atoms with Crippen molar-refractivity contribution in [3.63, 3.8) is 0 Å². The Balaban J connectivity index is 1.59. The topological polar surface area (TPSA) is 50.3 Å². The van der Waals surface area contributed by atoms with Gasteiger partial charge in [-0.15, -0.1) is 0 Å². The zero-order valence-electron chi connectivity index (χ0n) is 13.8. The maximum Gasteiger partial charge on any atom is 0.433 e. The summed E-state index contributed by atoms with van der Waals surface area (Å²) in [7, 11) is 0. The third kappa shape index (κ3) is 4.36. The van der Waals surface area contributed by atoms with Crippen molar-refractivity contribution in [2.24, 2.45) is 0 Å². The van der Waals surface area contributed by atoms with Crippen molar-refractivity contribution < 1.29 is 17.9 Å². The molecule has 24 heavy (non-hydrogen) atoms. The van der Waals surface area contributed by atoms with Crippen LogP contribution in [0.3, 0.4) is 0 Å². The highest BCUT2D eigenvalue weighted by Crippen LogP contribution is 2.29. The summed E-state index contributed by atoms with van der Waals surface area (Å²) in [5.74, 6) is 0.187. The van der Waals surface area contributed by atoms with Crippen LogP contribution < -0.4 is 10.2 Å². The highest BCUT2D eigenvalue weighted by molar-refractivity contribution is 5.33. The molecular weight excluding hydrogens is 321 g/mol. The minimum absolute atomic E-state index is 0.187. The van der Waals surface area contributed by atoms with Crippen LogP contribution in [0.5, 0.6) is 0 Å². The molecule has 3 rings (SSSR count). The number of piperidine rings is 1. The average molecular weight is 344 g/mol. The Labute approximate surface area is 139 Å². The van der Waals surface area contributed by atoms with Crippen molar-refractivity contribution in [1.82, 2.24) is 15.3 Å². The minimum Gasteiger partial charge on any atom is -0.381 e. The molecule has 2 aliphatic rings. The SMILES string of the molecule is Cc1cc(C(F)(F)F)nc(N2CCC(NC3CCOCC3)CC2)n1. The van der Waals surface area contributed by atoms with E-state index in [0.717, 1.165) is 45.0 Å². The number of ether oxygens (including phenoxy) is 1. The third-order valence-corrected chi connectivity index (χ3v) is 4.60. The van der Waals surface area contributed by atoms with Crippen molar-refractivity contribution in [3.05, 3.63) is 17.5 Å². The molecule has 2 saturated heterocycles. The van der Waals surface area contributed by atoms with E-state index in [1.165, 1.54) is 0 Å². The monoisotopic (exact) mass is 344 g/mol. The van der Waals surface area contributed by atoms with E-state index in [9.17, 15) is 13.2 Å². The first-order valence-corrected chi connectivity index (χ1v) is 8.43. The number of anilines is 1. The summed E-state index contributed by atoms with van der Waals surface area (Å²) in [6.45, 7) is 4.50. The number of nitrogens with one attached hydrogen (secondary N) is 1. The second-order valence-corrected chi connectivity index (χ2v) is 6.51. The van der Waals surface area contributed by atoms with Gasteiger partial charge < -0.3 is 15.0 Å². The van der Waals surface area contributed by atoms with Gasteiger partial charge in [-0.25, -0.2) is 9.97 Å². The molecule has 2 aliphatic heterocycles. The predicted molar refractivity (Wildman–Crippen MR) is 84.0 cm³/mol. The van der Waals surface area contributed by atoms with Crippen LogP contribution in [-0.4, -0.2) is 48.4 Å². The number of aromatic nitrogens is 2. The molecule has 0 atom stereocenters. The zero-order chi connectivity index (χ0) is 17.2. The number of nitrogens with zero attached hydrogens (tertiary/aromatic N) is 3. The van der Waals surface area contributed by atoms with Crippen LogP contribution in [0.4, 0.5) is 19.1 Å². The van der Waals surface area contributed by atoms with Gasteiger partial charge in [0.1, 0.15) is 5.69 Å². The second-order valence-electron chi connectivity index (χ2n) is 6.51. The number of hydrogen-bond donors (Lipinski definition) is 1. The van der Waals surface area contributed by atoms with Gasteiger partial charge in [0.25, 0.3) is 0 Å². The van der Waals surface area contributed by atoms with E-state index < -0.39 is 11.9 Å². The predicted octanol–water partition coefficient (Wildman–Crippen LogP) is 2.54. The number of halogens is 3. The average Bonchev–Trinajstić information content (AvgIpc) is 2.55. The van der Waals surface area contributed by atoms with Crippen LogP contribution in [-0.2, 0) is 10.9 Å². The molecule has 0 radical (unpaired) electrons. The van der Waals surface area contributed by atoms with Gasteiger partial charge in [-0.2, -0.15) is 13.2 Å². The molecule has 1 aromatic rings. The van der Waals surface area contributed by atoms with Crippen LogP contribution >= 0.6 is 0 Å². The summed E-state index contributed by atoms with van der Waals surface area (Å²) < 4.78 is 44.1. The first-order valence-electron chi connectivity index (χ1n) is 8.43. The number of alkyl halides is 3. The van der Waals surface area contributed by atoms with Gasteiger partial charge in [0.15, 0.2) is 0 Å². The molecule has 0 aromatic carbocycles. The largest absolute Gasteiger partial charge is 0.433 e. The van der Waals surface area contributed by atoms with Gasteiger partial charge in [-0.05, 0) is 38.7 Å². The molecule has 3 heterocycles. The summed E-state index contributed by atoms with van der Waals surface area (Å²) in [4.78, 5) is 9.76. The summed E-state index contributed by atoms with van der Waals surface area (Å²) >= 11 is 0. The zero-order valence-corrected chi connectivity index (χ0v) is 13.8. The molecule has 5 nitrogen and oxygen atoms in total. The third-order valence-electron chi connectivity index (χ3n) is 4.60. The van der Waals surface area contributed by atoms with Gasteiger partial charge in [-0.3, -0.25) is 0 Å². The molecule has 2 fully saturated rings. The van der Waals surface area contributed by atoms with Gasteiger partial charge in [-0.1, -0.05) is 0 Å². The lowest BCUT2D eigenvalue weighted by Gasteiger charge is -2.35. The Kier molecular flexibility index (Phi) is 5.24. The van der Waals surface area contributed by atoms with Gasteiger partial charge in [0.2, 0.25) is 5.95 Å². The molecular formula is C16H23F3N4O. The quantitative estimate of drug-likeness (QED) is 0.913.